The summed E-state index contributed by atoms with van der Waals surface area (Å²) >= 11 is 22.5. The number of H-pyrrole nitrogens is 1. The fraction of sp³-hybridized carbons (Fsp3) is 0.167. The number of aromatic amines is 1. The molecule has 1 saturated heterocycles. The predicted octanol–water partition coefficient (Wildman–Crippen LogP) is 6.67. The molecule has 0 amide bonds. The Labute approximate surface area is 261 Å². The van der Waals surface area contributed by atoms with Crippen LogP contribution in [-0.4, -0.2) is 51.5 Å². The maximum atomic E-state index is 13.3. The molecule has 1 aliphatic rings. The summed E-state index contributed by atoms with van der Waals surface area (Å²) in [5, 5.41) is 0.412. The first-order chi connectivity index (χ1) is 20.3. The first-order valence-electron chi connectivity index (χ1n) is 12.7. The number of esters is 2. The SMILES string of the molecule is O=C(O[C@H]1[C@H](OC(=O)c2ccccc2)[C@@H](n2cc(Cl)c(=S)[nH]c2=S)O[C@@H]1COC(=S)c1ccccc1)c1ccccc1. The van der Waals surface area contributed by atoms with Crippen molar-refractivity contribution in [3.63, 3.8) is 0 Å². The number of benzene rings is 3. The maximum absolute atomic E-state index is 13.3. The van der Waals surface area contributed by atoms with Crippen molar-refractivity contribution >= 4 is 65.2 Å². The highest BCUT2D eigenvalue weighted by molar-refractivity contribution is 7.80. The van der Waals surface area contributed by atoms with Crippen LogP contribution in [0.4, 0.5) is 0 Å². The third-order valence-electron chi connectivity index (χ3n) is 6.38. The second-order valence-electron chi connectivity index (χ2n) is 9.15. The Bertz CT molecular complexity index is 1700. The lowest BCUT2D eigenvalue weighted by Gasteiger charge is -2.25. The van der Waals surface area contributed by atoms with Crippen LogP contribution in [-0.2, 0) is 18.9 Å². The fourth-order valence-corrected chi connectivity index (χ4v) is 5.16. The third-order valence-corrected chi connectivity index (χ3v) is 7.76. The van der Waals surface area contributed by atoms with E-state index < -0.39 is 36.5 Å². The molecule has 42 heavy (non-hydrogen) atoms. The van der Waals surface area contributed by atoms with Crippen molar-refractivity contribution in [2.75, 3.05) is 6.61 Å². The van der Waals surface area contributed by atoms with Gasteiger partial charge in [0, 0.05) is 11.8 Å². The van der Waals surface area contributed by atoms with Crippen molar-refractivity contribution in [2.24, 2.45) is 0 Å². The standard InChI is InChI=1S/C30H23ClN2O6S3/c31-21-16-33(30(42)32-25(21)40)26-24(39-28(35)19-12-6-2-7-13-19)23(38-27(34)18-10-4-1-5-11-18)22(37-26)17-36-29(41)20-14-8-3-9-15-20/h1-16,22-24,26H,17H2,(H,32,40,42)/t22-,23-,24+,26+/m1/s1. The number of rotatable bonds is 8. The summed E-state index contributed by atoms with van der Waals surface area (Å²) < 4.78 is 26.1. The zero-order valence-corrected chi connectivity index (χ0v) is 25.0. The smallest absolute Gasteiger partial charge is 0.338 e. The molecule has 1 aromatic heterocycles. The van der Waals surface area contributed by atoms with Gasteiger partial charge in [-0.25, -0.2) is 9.59 Å². The molecule has 4 aromatic rings. The molecule has 1 aliphatic heterocycles. The Morgan fingerprint density at radius 3 is 1.86 bits per heavy atom. The van der Waals surface area contributed by atoms with Crippen LogP contribution in [0.15, 0.2) is 97.2 Å². The molecular formula is C30H23ClN2O6S3. The molecule has 0 bridgehead atoms. The van der Waals surface area contributed by atoms with Crippen LogP contribution in [0.25, 0.3) is 0 Å². The van der Waals surface area contributed by atoms with E-state index in [4.69, 9.17) is 67.2 Å². The van der Waals surface area contributed by atoms with E-state index in [1.54, 1.807) is 60.7 Å². The molecule has 12 heteroatoms. The summed E-state index contributed by atoms with van der Waals surface area (Å²) in [5.74, 6) is -1.30. The number of aromatic nitrogens is 2. The minimum absolute atomic E-state index is 0.125. The van der Waals surface area contributed by atoms with Crippen LogP contribution in [0.3, 0.4) is 0 Å². The van der Waals surface area contributed by atoms with Crippen molar-refractivity contribution in [2.45, 2.75) is 24.5 Å². The van der Waals surface area contributed by atoms with Gasteiger partial charge in [-0.3, -0.25) is 4.57 Å². The zero-order valence-electron chi connectivity index (χ0n) is 21.8. The molecule has 0 unspecified atom stereocenters. The van der Waals surface area contributed by atoms with Crippen molar-refractivity contribution in [3.05, 3.63) is 128 Å². The number of carbonyl (C=O) groups is 2. The lowest BCUT2D eigenvalue weighted by atomic mass is 10.1. The lowest BCUT2D eigenvalue weighted by Crippen LogP contribution is -2.41. The second kappa shape index (κ2) is 13.5. The molecule has 0 aliphatic carbocycles. The van der Waals surface area contributed by atoms with E-state index >= 15 is 0 Å². The van der Waals surface area contributed by atoms with E-state index in [-0.39, 0.29) is 26.1 Å². The topological polar surface area (TPSA) is 91.8 Å². The van der Waals surface area contributed by atoms with Crippen LogP contribution in [0.5, 0.6) is 0 Å². The van der Waals surface area contributed by atoms with Gasteiger partial charge in [0.15, 0.2) is 28.3 Å². The van der Waals surface area contributed by atoms with E-state index in [0.29, 0.717) is 16.7 Å². The molecule has 1 fully saturated rings. The van der Waals surface area contributed by atoms with Crippen LogP contribution < -0.4 is 0 Å². The van der Waals surface area contributed by atoms with E-state index in [0.717, 1.165) is 0 Å². The van der Waals surface area contributed by atoms with Crippen LogP contribution >= 0.6 is 48.3 Å². The Hall–Kier alpha value is -3.74. The molecule has 4 atom stereocenters. The minimum atomic E-state index is -1.17. The van der Waals surface area contributed by atoms with Gasteiger partial charge in [-0.2, -0.15) is 0 Å². The van der Waals surface area contributed by atoms with Crippen LogP contribution in [0, 0.1) is 9.41 Å². The van der Waals surface area contributed by atoms with Crippen molar-refractivity contribution < 1.29 is 28.5 Å². The average molecular weight is 639 g/mol. The Morgan fingerprint density at radius 1 is 0.810 bits per heavy atom. The van der Waals surface area contributed by atoms with Crippen LogP contribution in [0.2, 0.25) is 5.02 Å². The number of thiocarbonyl (C=S) groups is 1. The summed E-state index contributed by atoms with van der Waals surface area (Å²) in [7, 11) is 0. The Morgan fingerprint density at radius 2 is 1.31 bits per heavy atom. The first kappa shape index (κ1) is 29.7. The predicted molar refractivity (Wildman–Crippen MR) is 165 cm³/mol. The van der Waals surface area contributed by atoms with Gasteiger partial charge in [0.1, 0.15) is 17.4 Å². The van der Waals surface area contributed by atoms with Gasteiger partial charge in [0.2, 0.25) is 0 Å². The highest BCUT2D eigenvalue weighted by Gasteiger charge is 2.51. The van der Waals surface area contributed by atoms with Gasteiger partial charge in [0.05, 0.1) is 16.1 Å². The van der Waals surface area contributed by atoms with Gasteiger partial charge in [-0.05, 0) is 48.7 Å². The molecule has 1 N–H and O–H groups in total. The number of hydrogen-bond acceptors (Lipinski definition) is 9. The molecular weight excluding hydrogens is 616 g/mol. The molecule has 0 saturated carbocycles. The normalized spacial score (nSPS) is 19.5. The number of ether oxygens (including phenoxy) is 4. The fourth-order valence-electron chi connectivity index (χ4n) is 4.33. The average Bonchev–Trinajstić information content (AvgIpc) is 3.34. The number of halogens is 1. The lowest BCUT2D eigenvalue weighted by molar-refractivity contribution is -0.0578. The molecule has 8 nitrogen and oxygen atoms in total. The van der Waals surface area contributed by atoms with Gasteiger partial charge in [-0.15, -0.1) is 0 Å². The van der Waals surface area contributed by atoms with E-state index in [1.165, 1.54) is 10.8 Å². The van der Waals surface area contributed by atoms with Gasteiger partial charge >= 0.3 is 11.9 Å². The molecule has 2 heterocycles. The van der Waals surface area contributed by atoms with Crippen molar-refractivity contribution in [3.8, 4) is 0 Å². The number of nitrogens with one attached hydrogen (secondary N) is 1. The van der Waals surface area contributed by atoms with E-state index in [9.17, 15) is 9.59 Å². The van der Waals surface area contributed by atoms with Gasteiger partial charge < -0.3 is 23.9 Å². The summed E-state index contributed by atoms with van der Waals surface area (Å²) in [6, 6.07) is 26.0. The monoisotopic (exact) mass is 638 g/mol. The highest BCUT2D eigenvalue weighted by atomic mass is 35.5. The summed E-state index contributed by atoms with van der Waals surface area (Å²) in [5.41, 5.74) is 1.29. The summed E-state index contributed by atoms with van der Waals surface area (Å²) in [4.78, 5) is 29.4. The van der Waals surface area contributed by atoms with E-state index in [1.807, 2.05) is 30.3 Å². The highest BCUT2D eigenvalue weighted by Crippen LogP contribution is 2.36. The second-order valence-corrected chi connectivity index (χ2v) is 10.7. The minimum Gasteiger partial charge on any atom is -0.480 e. The molecule has 0 radical (unpaired) electrons. The van der Waals surface area contributed by atoms with Crippen molar-refractivity contribution in [1.29, 1.82) is 0 Å². The first-order valence-corrected chi connectivity index (χ1v) is 14.3. The molecule has 5 rings (SSSR count). The van der Waals surface area contributed by atoms with Gasteiger partial charge in [-0.1, -0.05) is 90.5 Å². The number of nitrogens with zero attached hydrogens (tertiary/aromatic N) is 1. The number of carbonyl (C=O) groups excluding carboxylic acids is 2. The largest absolute Gasteiger partial charge is 0.480 e. The Balaban J connectivity index is 1.52. The van der Waals surface area contributed by atoms with Crippen LogP contribution in [0.1, 0.15) is 32.5 Å². The molecule has 3 aromatic carbocycles. The zero-order chi connectivity index (χ0) is 29.6. The molecule has 214 valence electrons. The Kier molecular flexibility index (Phi) is 9.55. The number of hydrogen-bond donors (Lipinski definition) is 1. The maximum Gasteiger partial charge on any atom is 0.338 e. The van der Waals surface area contributed by atoms with Gasteiger partial charge in [0.25, 0.3) is 0 Å². The summed E-state index contributed by atoms with van der Waals surface area (Å²) in [6.07, 6.45) is -2.82. The van der Waals surface area contributed by atoms with Crippen molar-refractivity contribution in [1.82, 2.24) is 9.55 Å². The quantitative estimate of drug-likeness (QED) is 0.168. The molecule has 0 spiro atoms. The third kappa shape index (κ3) is 6.83. The van der Waals surface area contributed by atoms with E-state index in [2.05, 4.69) is 4.98 Å². The summed E-state index contributed by atoms with van der Waals surface area (Å²) in [6.45, 7) is -0.125.